The third-order valence-corrected chi connectivity index (χ3v) is 4.47. The van der Waals surface area contributed by atoms with Crippen molar-refractivity contribution in [2.24, 2.45) is 17.3 Å². The van der Waals surface area contributed by atoms with Crippen molar-refractivity contribution in [2.45, 2.75) is 65.8 Å². The Hall–Kier alpha value is -0.240. The van der Waals surface area contributed by atoms with Gasteiger partial charge in [-0.15, -0.1) is 11.6 Å². The highest BCUT2D eigenvalue weighted by molar-refractivity contribution is 6.17. The van der Waals surface area contributed by atoms with Gasteiger partial charge >= 0.3 is 0 Å². The molecule has 18 heavy (non-hydrogen) atoms. The summed E-state index contributed by atoms with van der Waals surface area (Å²) in [5.74, 6) is 1.83. The van der Waals surface area contributed by atoms with Crippen LogP contribution in [0.4, 0.5) is 0 Å². The monoisotopic (exact) mass is 273 g/mol. The number of halogens is 1. The van der Waals surface area contributed by atoms with Gasteiger partial charge in [0.15, 0.2) is 0 Å². The van der Waals surface area contributed by atoms with Crippen molar-refractivity contribution in [3.05, 3.63) is 0 Å². The van der Waals surface area contributed by atoms with Gasteiger partial charge in [-0.25, -0.2) is 0 Å². The van der Waals surface area contributed by atoms with E-state index in [0.29, 0.717) is 11.3 Å². The summed E-state index contributed by atoms with van der Waals surface area (Å²) in [5.41, 5.74) is 0.382. The molecule has 0 aromatic heterocycles. The van der Waals surface area contributed by atoms with E-state index in [9.17, 15) is 4.79 Å². The highest BCUT2D eigenvalue weighted by Crippen LogP contribution is 2.39. The molecule has 1 amide bonds. The Morgan fingerprint density at radius 2 is 1.83 bits per heavy atom. The number of amides is 1. The van der Waals surface area contributed by atoms with E-state index >= 15 is 0 Å². The first-order valence-corrected chi connectivity index (χ1v) is 7.74. The number of rotatable bonds is 4. The lowest BCUT2D eigenvalue weighted by Gasteiger charge is -2.36. The molecule has 2 nitrogen and oxygen atoms in total. The quantitative estimate of drug-likeness (QED) is 0.772. The fourth-order valence-electron chi connectivity index (χ4n) is 2.82. The standard InChI is InChI=1S/C15H28ClNO/c1-11(9-10-16)17-14(18)12-5-7-13(8-6-12)15(2,3)4/h11-13H,5-10H2,1-4H3,(H,17,18). The molecule has 3 heteroatoms. The molecule has 0 bridgehead atoms. The zero-order valence-corrected chi connectivity index (χ0v) is 13.0. The molecule has 0 spiro atoms. The normalized spacial score (nSPS) is 26.7. The van der Waals surface area contributed by atoms with Gasteiger partial charge in [-0.1, -0.05) is 20.8 Å². The van der Waals surface area contributed by atoms with Gasteiger partial charge in [0.25, 0.3) is 0 Å². The summed E-state index contributed by atoms with van der Waals surface area (Å²) in [6.07, 6.45) is 5.31. The van der Waals surface area contributed by atoms with Crippen molar-refractivity contribution < 1.29 is 4.79 Å². The Morgan fingerprint density at radius 3 is 2.28 bits per heavy atom. The van der Waals surface area contributed by atoms with Crippen molar-refractivity contribution in [3.63, 3.8) is 0 Å². The van der Waals surface area contributed by atoms with E-state index in [1.807, 2.05) is 6.92 Å². The van der Waals surface area contributed by atoms with Crippen LogP contribution in [0.15, 0.2) is 0 Å². The molecule has 0 radical (unpaired) electrons. The van der Waals surface area contributed by atoms with Crippen LogP contribution >= 0.6 is 11.6 Å². The van der Waals surface area contributed by atoms with Crippen LogP contribution in [0.2, 0.25) is 0 Å². The molecule has 1 unspecified atom stereocenters. The lowest BCUT2D eigenvalue weighted by atomic mass is 9.69. The maximum absolute atomic E-state index is 12.1. The molecule has 1 aliphatic rings. The van der Waals surface area contributed by atoms with E-state index in [4.69, 9.17) is 11.6 Å². The first kappa shape index (κ1) is 15.8. The first-order valence-electron chi connectivity index (χ1n) is 7.21. The zero-order valence-electron chi connectivity index (χ0n) is 12.3. The highest BCUT2D eigenvalue weighted by atomic mass is 35.5. The van der Waals surface area contributed by atoms with Gasteiger partial charge in [0.1, 0.15) is 0 Å². The van der Waals surface area contributed by atoms with Crippen LogP contribution in [0.1, 0.15) is 59.8 Å². The van der Waals surface area contributed by atoms with Gasteiger partial charge < -0.3 is 5.32 Å². The number of hydrogen-bond donors (Lipinski definition) is 1. The van der Waals surface area contributed by atoms with Gasteiger partial charge in [0.05, 0.1) is 0 Å². The van der Waals surface area contributed by atoms with E-state index in [1.165, 1.54) is 12.8 Å². The van der Waals surface area contributed by atoms with E-state index < -0.39 is 0 Å². The number of alkyl halides is 1. The Labute approximate surface area is 117 Å². The maximum atomic E-state index is 12.1. The van der Waals surface area contributed by atoms with Crippen molar-refractivity contribution in [2.75, 3.05) is 5.88 Å². The molecular formula is C15H28ClNO. The van der Waals surface area contributed by atoms with Gasteiger partial charge in [0, 0.05) is 17.8 Å². The van der Waals surface area contributed by atoms with E-state index in [-0.39, 0.29) is 17.9 Å². The van der Waals surface area contributed by atoms with Crippen molar-refractivity contribution in [3.8, 4) is 0 Å². The summed E-state index contributed by atoms with van der Waals surface area (Å²) in [4.78, 5) is 12.1. The van der Waals surface area contributed by atoms with Gasteiger partial charge in [-0.05, 0) is 50.4 Å². The molecular weight excluding hydrogens is 246 g/mol. The SMILES string of the molecule is CC(CCCl)NC(=O)C1CCC(C(C)(C)C)CC1. The summed E-state index contributed by atoms with van der Waals surface area (Å²) >= 11 is 5.68. The molecule has 1 fully saturated rings. The van der Waals surface area contributed by atoms with Crippen molar-refractivity contribution >= 4 is 17.5 Å². The minimum absolute atomic E-state index is 0.204. The largest absolute Gasteiger partial charge is 0.353 e. The third kappa shape index (κ3) is 4.79. The molecule has 0 aliphatic heterocycles. The summed E-state index contributed by atoms with van der Waals surface area (Å²) in [7, 11) is 0. The molecule has 1 rings (SSSR count). The number of carbonyl (C=O) groups excluding carboxylic acids is 1. The van der Waals surface area contributed by atoms with E-state index in [0.717, 1.165) is 25.2 Å². The molecule has 1 saturated carbocycles. The average Bonchev–Trinajstić information content (AvgIpc) is 2.28. The number of nitrogens with one attached hydrogen (secondary N) is 1. The lowest BCUT2D eigenvalue weighted by Crippen LogP contribution is -2.39. The summed E-state index contributed by atoms with van der Waals surface area (Å²) < 4.78 is 0. The predicted octanol–water partition coefficient (Wildman–Crippen LogP) is 3.97. The zero-order chi connectivity index (χ0) is 13.8. The molecule has 0 aromatic carbocycles. The Bertz CT molecular complexity index is 264. The van der Waals surface area contributed by atoms with Crippen molar-refractivity contribution in [1.29, 1.82) is 0 Å². The third-order valence-electron chi connectivity index (χ3n) is 4.25. The van der Waals surface area contributed by atoms with Gasteiger partial charge in [-0.3, -0.25) is 4.79 Å². The number of carbonyl (C=O) groups is 1. The lowest BCUT2D eigenvalue weighted by molar-refractivity contribution is -0.127. The average molecular weight is 274 g/mol. The Kier molecular flexibility index (Phi) is 5.97. The fourth-order valence-corrected chi connectivity index (χ4v) is 3.15. The molecule has 106 valence electrons. The summed E-state index contributed by atoms with van der Waals surface area (Å²) in [5, 5.41) is 3.08. The smallest absolute Gasteiger partial charge is 0.223 e. The van der Waals surface area contributed by atoms with Crippen LogP contribution in [0.25, 0.3) is 0 Å². The summed E-state index contributed by atoms with van der Waals surface area (Å²) in [6, 6.07) is 0.204. The van der Waals surface area contributed by atoms with Crippen LogP contribution in [-0.2, 0) is 4.79 Å². The van der Waals surface area contributed by atoms with Crippen LogP contribution in [0, 0.1) is 17.3 Å². The summed E-state index contributed by atoms with van der Waals surface area (Å²) in [6.45, 7) is 8.95. The van der Waals surface area contributed by atoms with Gasteiger partial charge in [-0.2, -0.15) is 0 Å². The molecule has 1 aliphatic carbocycles. The second-order valence-electron chi connectivity index (χ2n) is 6.80. The van der Waals surface area contributed by atoms with Crippen LogP contribution in [0.5, 0.6) is 0 Å². The second-order valence-corrected chi connectivity index (χ2v) is 7.18. The van der Waals surface area contributed by atoms with Crippen LogP contribution in [0.3, 0.4) is 0 Å². The molecule has 1 atom stereocenters. The van der Waals surface area contributed by atoms with Crippen LogP contribution in [-0.4, -0.2) is 17.8 Å². The Morgan fingerprint density at radius 1 is 1.28 bits per heavy atom. The second kappa shape index (κ2) is 6.79. The molecule has 1 N–H and O–H groups in total. The van der Waals surface area contributed by atoms with E-state index in [2.05, 4.69) is 26.1 Å². The van der Waals surface area contributed by atoms with Crippen molar-refractivity contribution in [1.82, 2.24) is 5.32 Å². The predicted molar refractivity (Wildman–Crippen MR) is 77.8 cm³/mol. The first-order chi connectivity index (χ1) is 8.34. The maximum Gasteiger partial charge on any atom is 0.223 e. The van der Waals surface area contributed by atoms with E-state index in [1.54, 1.807) is 0 Å². The molecule has 0 heterocycles. The highest BCUT2D eigenvalue weighted by Gasteiger charge is 2.32. The fraction of sp³-hybridized carbons (Fsp3) is 0.933. The number of hydrogen-bond acceptors (Lipinski definition) is 1. The van der Waals surface area contributed by atoms with Gasteiger partial charge in [0.2, 0.25) is 5.91 Å². The topological polar surface area (TPSA) is 29.1 Å². The van der Waals surface area contributed by atoms with Crippen LogP contribution < -0.4 is 5.32 Å². The molecule has 0 saturated heterocycles. The minimum Gasteiger partial charge on any atom is -0.353 e. The molecule has 0 aromatic rings. The minimum atomic E-state index is 0.204. The Balaban J connectivity index is 2.36.